The zero-order valence-electron chi connectivity index (χ0n) is 30.3. The third-order valence-corrected chi connectivity index (χ3v) is 12.0. The molecule has 2 aromatic heterocycles. The van der Waals surface area contributed by atoms with Crippen LogP contribution in [0.1, 0.15) is 0 Å². The number of anilines is 6. The molecule has 0 unspecified atom stereocenters. The standard InChI is InChI=1S/C52H34N2OS/c1-3-14-39(15-4-1)53(40-16-5-2-6-17-40)42-29-31-51-47(33-42)46-19-11-20-48(52(46)56-51)54(43-28-30-45-44-18-9-10-21-49(44)55-50(45)34-43)41-26-24-36(25-27-41)38-23-22-35-12-7-8-13-37(35)32-38/h1-34H. The van der Waals surface area contributed by atoms with Gasteiger partial charge in [-0.3, -0.25) is 0 Å². The van der Waals surface area contributed by atoms with Crippen molar-refractivity contribution in [1.29, 1.82) is 0 Å². The Bertz CT molecular complexity index is 3160. The fraction of sp³-hybridized carbons (Fsp3) is 0. The molecule has 0 N–H and O–H groups in total. The van der Waals surface area contributed by atoms with Crippen LogP contribution in [-0.2, 0) is 0 Å². The highest BCUT2D eigenvalue weighted by atomic mass is 32.1. The maximum atomic E-state index is 6.44. The molecule has 0 spiro atoms. The SMILES string of the molecule is c1ccc(N(c2ccccc2)c2ccc3sc4c(N(c5ccc(-c6ccc7ccccc7c6)cc5)c5ccc6c(c5)oc5ccccc56)cccc4c3c2)cc1. The fourth-order valence-corrected chi connectivity index (χ4v) is 9.33. The summed E-state index contributed by atoms with van der Waals surface area (Å²) in [6.45, 7) is 0. The van der Waals surface area contributed by atoms with Crippen LogP contribution < -0.4 is 9.80 Å². The molecule has 0 saturated heterocycles. The highest BCUT2D eigenvalue weighted by molar-refractivity contribution is 7.26. The lowest BCUT2D eigenvalue weighted by Gasteiger charge is -2.26. The number of fused-ring (bicyclic) bond motifs is 7. The molecule has 0 aliphatic carbocycles. The third kappa shape index (κ3) is 5.50. The summed E-state index contributed by atoms with van der Waals surface area (Å²) in [5, 5.41) is 7.20. The van der Waals surface area contributed by atoms with Crippen molar-refractivity contribution >= 4 is 98.3 Å². The summed E-state index contributed by atoms with van der Waals surface area (Å²) in [6, 6.07) is 73.9. The van der Waals surface area contributed by atoms with Crippen LogP contribution in [0.3, 0.4) is 0 Å². The van der Waals surface area contributed by atoms with Crippen molar-refractivity contribution in [2.24, 2.45) is 0 Å². The predicted octanol–water partition coefficient (Wildman–Crippen LogP) is 15.7. The number of benzene rings is 9. The number of thiophene rings is 1. The lowest BCUT2D eigenvalue weighted by atomic mass is 10.0. The Morgan fingerprint density at radius 1 is 0.339 bits per heavy atom. The Labute approximate surface area is 328 Å². The van der Waals surface area contributed by atoms with Crippen LogP contribution >= 0.6 is 11.3 Å². The van der Waals surface area contributed by atoms with E-state index in [1.807, 2.05) is 23.5 Å². The normalized spacial score (nSPS) is 11.6. The first-order valence-corrected chi connectivity index (χ1v) is 19.7. The van der Waals surface area contributed by atoms with Gasteiger partial charge in [-0.05, 0) is 107 Å². The van der Waals surface area contributed by atoms with Crippen LogP contribution in [0, 0.1) is 0 Å². The first-order valence-electron chi connectivity index (χ1n) is 18.9. The first-order chi connectivity index (χ1) is 27.7. The summed E-state index contributed by atoms with van der Waals surface area (Å²) in [5.41, 5.74) is 10.8. The van der Waals surface area contributed by atoms with Crippen molar-refractivity contribution in [2.75, 3.05) is 9.80 Å². The second kappa shape index (κ2) is 13.3. The number of hydrogen-bond acceptors (Lipinski definition) is 4. The molecule has 11 aromatic rings. The van der Waals surface area contributed by atoms with Crippen LogP contribution in [0.5, 0.6) is 0 Å². The molecule has 3 nitrogen and oxygen atoms in total. The highest BCUT2D eigenvalue weighted by Gasteiger charge is 2.21. The number of furan rings is 1. The van der Waals surface area contributed by atoms with Crippen molar-refractivity contribution < 1.29 is 4.42 Å². The van der Waals surface area contributed by atoms with E-state index in [4.69, 9.17) is 4.42 Å². The average Bonchev–Trinajstić information content (AvgIpc) is 3.83. The molecular formula is C52H34N2OS. The van der Waals surface area contributed by atoms with Crippen LogP contribution in [0.25, 0.3) is 64.0 Å². The first kappa shape index (κ1) is 32.3. The Balaban J connectivity index is 1.07. The molecule has 0 atom stereocenters. The second-order valence-electron chi connectivity index (χ2n) is 14.2. The van der Waals surface area contributed by atoms with Crippen molar-refractivity contribution in [3.8, 4) is 11.1 Å². The molecule has 11 rings (SSSR count). The molecular weight excluding hydrogens is 701 g/mol. The van der Waals surface area contributed by atoms with Crippen LogP contribution in [-0.4, -0.2) is 0 Å². The van der Waals surface area contributed by atoms with Gasteiger partial charge in [0, 0.05) is 60.7 Å². The second-order valence-corrected chi connectivity index (χ2v) is 15.2. The van der Waals surface area contributed by atoms with Gasteiger partial charge >= 0.3 is 0 Å². The summed E-state index contributed by atoms with van der Waals surface area (Å²) in [7, 11) is 0. The van der Waals surface area contributed by atoms with E-state index in [0.29, 0.717) is 0 Å². The van der Waals surface area contributed by atoms with E-state index in [-0.39, 0.29) is 0 Å². The van der Waals surface area contributed by atoms with Crippen LogP contribution in [0.4, 0.5) is 34.1 Å². The third-order valence-electron chi connectivity index (χ3n) is 10.8. The van der Waals surface area contributed by atoms with Gasteiger partial charge in [-0.15, -0.1) is 11.3 Å². The number of rotatable bonds is 7. The maximum absolute atomic E-state index is 6.44. The molecule has 0 amide bonds. The van der Waals surface area contributed by atoms with Crippen LogP contribution in [0.15, 0.2) is 211 Å². The minimum Gasteiger partial charge on any atom is -0.456 e. The van der Waals surface area contributed by atoms with E-state index < -0.39 is 0 Å². The van der Waals surface area contributed by atoms with Gasteiger partial charge in [0.2, 0.25) is 0 Å². The highest BCUT2D eigenvalue weighted by Crippen LogP contribution is 2.47. The van der Waals surface area contributed by atoms with Gasteiger partial charge in [-0.1, -0.05) is 115 Å². The summed E-state index contributed by atoms with van der Waals surface area (Å²) in [5.74, 6) is 0. The zero-order chi connectivity index (χ0) is 37.0. The minimum atomic E-state index is 0.872. The van der Waals surface area contributed by atoms with Crippen molar-refractivity contribution in [3.63, 3.8) is 0 Å². The quantitative estimate of drug-likeness (QED) is 0.163. The van der Waals surface area contributed by atoms with E-state index in [1.165, 1.54) is 42.1 Å². The van der Waals surface area contributed by atoms with Gasteiger partial charge in [-0.2, -0.15) is 0 Å². The lowest BCUT2D eigenvalue weighted by molar-refractivity contribution is 0.669. The summed E-state index contributed by atoms with van der Waals surface area (Å²) < 4.78 is 8.92. The number of para-hydroxylation sites is 3. The van der Waals surface area contributed by atoms with Crippen LogP contribution in [0.2, 0.25) is 0 Å². The van der Waals surface area contributed by atoms with E-state index in [1.54, 1.807) is 0 Å². The maximum Gasteiger partial charge on any atom is 0.137 e. The van der Waals surface area contributed by atoms with Gasteiger partial charge in [0.05, 0.1) is 10.4 Å². The van der Waals surface area contributed by atoms with Gasteiger partial charge < -0.3 is 14.2 Å². The molecule has 2 heterocycles. The van der Waals surface area contributed by atoms with Gasteiger partial charge in [0.1, 0.15) is 11.2 Å². The Kier molecular flexibility index (Phi) is 7.68. The Morgan fingerprint density at radius 3 is 1.75 bits per heavy atom. The summed E-state index contributed by atoms with van der Waals surface area (Å²) >= 11 is 1.84. The largest absolute Gasteiger partial charge is 0.456 e. The number of hydrogen-bond donors (Lipinski definition) is 0. The predicted molar refractivity (Wildman–Crippen MR) is 239 cm³/mol. The van der Waals surface area contributed by atoms with Gasteiger partial charge in [-0.25, -0.2) is 0 Å². The molecule has 264 valence electrons. The fourth-order valence-electron chi connectivity index (χ4n) is 8.14. The molecule has 0 radical (unpaired) electrons. The molecule has 0 saturated carbocycles. The minimum absolute atomic E-state index is 0.872. The Morgan fingerprint density at radius 2 is 0.946 bits per heavy atom. The van der Waals surface area contributed by atoms with E-state index in [0.717, 1.165) is 56.1 Å². The van der Waals surface area contributed by atoms with Crippen molar-refractivity contribution in [3.05, 3.63) is 206 Å². The van der Waals surface area contributed by atoms with Gasteiger partial charge in [0.15, 0.2) is 0 Å². The monoisotopic (exact) mass is 734 g/mol. The van der Waals surface area contributed by atoms with Crippen molar-refractivity contribution in [1.82, 2.24) is 0 Å². The lowest BCUT2D eigenvalue weighted by Crippen LogP contribution is -2.10. The van der Waals surface area contributed by atoms with E-state index in [9.17, 15) is 0 Å². The number of nitrogens with zero attached hydrogens (tertiary/aromatic N) is 2. The molecule has 0 aliphatic heterocycles. The Hall–Kier alpha value is -7.14. The van der Waals surface area contributed by atoms with E-state index in [2.05, 4.69) is 204 Å². The smallest absolute Gasteiger partial charge is 0.137 e. The molecule has 0 aliphatic rings. The molecule has 9 aromatic carbocycles. The van der Waals surface area contributed by atoms with Gasteiger partial charge in [0.25, 0.3) is 0 Å². The molecule has 56 heavy (non-hydrogen) atoms. The summed E-state index contributed by atoms with van der Waals surface area (Å²) in [6.07, 6.45) is 0. The molecule has 0 bridgehead atoms. The van der Waals surface area contributed by atoms with Crippen molar-refractivity contribution in [2.45, 2.75) is 0 Å². The topological polar surface area (TPSA) is 19.6 Å². The average molecular weight is 735 g/mol. The molecule has 0 fully saturated rings. The molecule has 4 heteroatoms. The van der Waals surface area contributed by atoms with E-state index >= 15 is 0 Å². The zero-order valence-corrected chi connectivity index (χ0v) is 31.2. The summed E-state index contributed by atoms with van der Waals surface area (Å²) in [4.78, 5) is 4.72.